The van der Waals surface area contributed by atoms with Crippen LogP contribution in [0.3, 0.4) is 0 Å². The van der Waals surface area contributed by atoms with Crippen LogP contribution in [0.4, 0.5) is 4.39 Å². The van der Waals surface area contributed by atoms with Gasteiger partial charge in [0, 0.05) is 6.54 Å². The SMILES string of the molecule is C/C=C/CNC(=O)c1ccc(C2(F)CC2)[nH]c1=O. The number of hydrogen-bond donors (Lipinski definition) is 2. The molecule has 0 spiro atoms. The van der Waals surface area contributed by atoms with Crippen molar-refractivity contribution in [2.75, 3.05) is 6.54 Å². The Labute approximate surface area is 104 Å². The molecular weight excluding hydrogens is 235 g/mol. The number of pyridine rings is 1. The first-order valence-electron chi connectivity index (χ1n) is 5.89. The second kappa shape index (κ2) is 4.76. The van der Waals surface area contributed by atoms with E-state index in [-0.39, 0.29) is 11.3 Å². The fourth-order valence-electron chi connectivity index (χ4n) is 1.66. The molecule has 2 rings (SSSR count). The maximum Gasteiger partial charge on any atom is 0.261 e. The quantitative estimate of drug-likeness (QED) is 0.798. The van der Waals surface area contributed by atoms with Gasteiger partial charge in [-0.05, 0) is 31.9 Å². The zero-order valence-electron chi connectivity index (χ0n) is 10.1. The van der Waals surface area contributed by atoms with Gasteiger partial charge in [-0.3, -0.25) is 9.59 Å². The van der Waals surface area contributed by atoms with E-state index in [0.717, 1.165) is 0 Å². The lowest BCUT2D eigenvalue weighted by molar-refractivity contribution is 0.0956. The molecule has 1 saturated carbocycles. The molecule has 0 bridgehead atoms. The molecule has 4 nitrogen and oxygen atoms in total. The fraction of sp³-hybridized carbons (Fsp3) is 0.385. The second-order valence-electron chi connectivity index (χ2n) is 4.36. The summed E-state index contributed by atoms with van der Waals surface area (Å²) >= 11 is 0. The topological polar surface area (TPSA) is 62.0 Å². The Bertz CT molecular complexity index is 544. The minimum Gasteiger partial charge on any atom is -0.348 e. The molecule has 1 fully saturated rings. The summed E-state index contributed by atoms with van der Waals surface area (Å²) in [6, 6.07) is 2.85. The highest BCUT2D eigenvalue weighted by Gasteiger charge is 2.46. The first-order chi connectivity index (χ1) is 8.57. The smallest absolute Gasteiger partial charge is 0.261 e. The van der Waals surface area contributed by atoms with Gasteiger partial charge < -0.3 is 10.3 Å². The maximum absolute atomic E-state index is 13.7. The first kappa shape index (κ1) is 12.5. The van der Waals surface area contributed by atoms with Crippen LogP contribution < -0.4 is 10.9 Å². The van der Waals surface area contributed by atoms with Crippen molar-refractivity contribution < 1.29 is 9.18 Å². The van der Waals surface area contributed by atoms with Gasteiger partial charge in [0.25, 0.3) is 11.5 Å². The number of nitrogens with one attached hydrogen (secondary N) is 2. The van der Waals surface area contributed by atoms with Gasteiger partial charge >= 0.3 is 0 Å². The highest BCUT2D eigenvalue weighted by atomic mass is 19.1. The predicted octanol–water partition coefficient (Wildman–Crippen LogP) is 1.64. The first-order valence-corrected chi connectivity index (χ1v) is 5.89. The molecule has 0 radical (unpaired) electrons. The molecule has 5 heteroatoms. The average Bonchev–Trinajstić information content (AvgIpc) is 3.08. The summed E-state index contributed by atoms with van der Waals surface area (Å²) in [6.07, 6.45) is 4.42. The molecule has 1 amide bonds. The molecular formula is C13H15FN2O2. The Kier molecular flexibility index (Phi) is 3.32. The summed E-state index contributed by atoms with van der Waals surface area (Å²) in [5.74, 6) is -0.454. The van der Waals surface area contributed by atoms with Crippen LogP contribution in [-0.2, 0) is 5.67 Å². The van der Waals surface area contributed by atoms with Crippen LogP contribution in [0.2, 0.25) is 0 Å². The minimum absolute atomic E-state index is 0.00695. The van der Waals surface area contributed by atoms with Gasteiger partial charge in [0.2, 0.25) is 0 Å². The fourth-order valence-corrected chi connectivity index (χ4v) is 1.66. The third-order valence-corrected chi connectivity index (χ3v) is 2.94. The van der Waals surface area contributed by atoms with Crippen LogP contribution in [0.1, 0.15) is 35.8 Å². The van der Waals surface area contributed by atoms with Gasteiger partial charge in [-0.25, -0.2) is 4.39 Å². The largest absolute Gasteiger partial charge is 0.348 e. The van der Waals surface area contributed by atoms with Crippen LogP contribution >= 0.6 is 0 Å². The standard InChI is InChI=1S/C13H15FN2O2/c1-2-3-8-15-11(17)9-4-5-10(16-12(9)18)13(14)6-7-13/h2-5H,6-8H2,1H3,(H,15,17)(H,16,18)/b3-2+. The molecule has 1 heterocycles. The lowest BCUT2D eigenvalue weighted by Crippen LogP contribution is -2.30. The molecule has 1 aromatic rings. The summed E-state index contributed by atoms with van der Waals surface area (Å²) in [4.78, 5) is 25.8. The number of H-pyrrole nitrogens is 1. The van der Waals surface area contributed by atoms with E-state index >= 15 is 0 Å². The predicted molar refractivity (Wildman–Crippen MR) is 66.2 cm³/mol. The van der Waals surface area contributed by atoms with E-state index in [0.29, 0.717) is 19.4 Å². The summed E-state index contributed by atoms with van der Waals surface area (Å²) in [5, 5.41) is 2.58. The van der Waals surface area contributed by atoms with Crippen molar-refractivity contribution in [1.82, 2.24) is 10.3 Å². The number of amides is 1. The number of carbonyl (C=O) groups excluding carboxylic acids is 1. The number of allylic oxidation sites excluding steroid dienone is 1. The third kappa shape index (κ3) is 2.50. The van der Waals surface area contributed by atoms with Crippen molar-refractivity contribution in [2.45, 2.75) is 25.4 Å². The molecule has 96 valence electrons. The number of aromatic nitrogens is 1. The Morgan fingerprint density at radius 2 is 2.28 bits per heavy atom. The average molecular weight is 250 g/mol. The number of rotatable bonds is 4. The Hall–Kier alpha value is -1.91. The van der Waals surface area contributed by atoms with Gasteiger partial charge in [-0.15, -0.1) is 0 Å². The van der Waals surface area contributed by atoms with E-state index in [1.54, 1.807) is 12.2 Å². The normalized spacial score (nSPS) is 16.8. The van der Waals surface area contributed by atoms with E-state index in [1.165, 1.54) is 12.1 Å². The number of aromatic amines is 1. The highest BCUT2D eigenvalue weighted by Crippen LogP contribution is 2.48. The van der Waals surface area contributed by atoms with E-state index in [9.17, 15) is 14.0 Å². The molecule has 0 aliphatic heterocycles. The van der Waals surface area contributed by atoms with Gasteiger partial charge in [-0.2, -0.15) is 0 Å². The number of carbonyl (C=O) groups is 1. The van der Waals surface area contributed by atoms with Crippen LogP contribution in [0.15, 0.2) is 29.1 Å². The molecule has 2 N–H and O–H groups in total. The Morgan fingerprint density at radius 1 is 1.56 bits per heavy atom. The maximum atomic E-state index is 13.7. The number of alkyl halides is 1. The molecule has 0 saturated heterocycles. The highest BCUT2D eigenvalue weighted by molar-refractivity contribution is 5.93. The van der Waals surface area contributed by atoms with Gasteiger partial charge in [0.15, 0.2) is 5.67 Å². The van der Waals surface area contributed by atoms with E-state index in [2.05, 4.69) is 10.3 Å². The van der Waals surface area contributed by atoms with Crippen molar-refractivity contribution in [3.05, 3.63) is 45.9 Å². The second-order valence-corrected chi connectivity index (χ2v) is 4.36. The molecule has 0 unspecified atom stereocenters. The molecule has 1 aromatic heterocycles. The lowest BCUT2D eigenvalue weighted by atomic mass is 10.2. The van der Waals surface area contributed by atoms with Crippen molar-refractivity contribution in [1.29, 1.82) is 0 Å². The zero-order valence-corrected chi connectivity index (χ0v) is 10.1. The monoisotopic (exact) mass is 250 g/mol. The van der Waals surface area contributed by atoms with Crippen molar-refractivity contribution in [3.63, 3.8) is 0 Å². The Morgan fingerprint density at radius 3 is 2.83 bits per heavy atom. The van der Waals surface area contributed by atoms with Gasteiger partial charge in [-0.1, -0.05) is 12.2 Å². The van der Waals surface area contributed by atoms with E-state index in [1.807, 2.05) is 6.92 Å². The zero-order chi connectivity index (χ0) is 13.2. The van der Waals surface area contributed by atoms with Crippen molar-refractivity contribution in [3.8, 4) is 0 Å². The van der Waals surface area contributed by atoms with Crippen LogP contribution in [0.25, 0.3) is 0 Å². The van der Waals surface area contributed by atoms with Gasteiger partial charge in [0.05, 0.1) is 5.69 Å². The van der Waals surface area contributed by atoms with Crippen LogP contribution in [0.5, 0.6) is 0 Å². The minimum atomic E-state index is -1.39. The summed E-state index contributed by atoms with van der Waals surface area (Å²) in [6.45, 7) is 2.20. The third-order valence-electron chi connectivity index (χ3n) is 2.94. The molecule has 0 aromatic carbocycles. The van der Waals surface area contributed by atoms with Crippen molar-refractivity contribution in [2.24, 2.45) is 0 Å². The number of hydrogen-bond acceptors (Lipinski definition) is 2. The van der Waals surface area contributed by atoms with Gasteiger partial charge in [0.1, 0.15) is 5.56 Å². The van der Waals surface area contributed by atoms with Crippen LogP contribution in [-0.4, -0.2) is 17.4 Å². The molecule has 1 aliphatic carbocycles. The lowest BCUT2D eigenvalue weighted by Gasteiger charge is -2.06. The van der Waals surface area contributed by atoms with E-state index in [4.69, 9.17) is 0 Å². The van der Waals surface area contributed by atoms with Crippen LogP contribution in [0, 0.1) is 0 Å². The summed E-state index contributed by atoms with van der Waals surface area (Å²) in [7, 11) is 0. The molecule has 18 heavy (non-hydrogen) atoms. The van der Waals surface area contributed by atoms with Crippen molar-refractivity contribution >= 4 is 5.91 Å². The molecule has 1 aliphatic rings. The number of halogens is 1. The summed E-state index contributed by atoms with van der Waals surface area (Å²) in [5.41, 5.74) is -1.67. The Balaban J connectivity index is 2.14. The summed E-state index contributed by atoms with van der Waals surface area (Å²) < 4.78 is 13.7. The molecule has 0 atom stereocenters. The van der Waals surface area contributed by atoms with E-state index < -0.39 is 17.1 Å².